The van der Waals surface area contributed by atoms with Gasteiger partial charge in [0.1, 0.15) is 5.82 Å². The van der Waals surface area contributed by atoms with Gasteiger partial charge in [0.25, 0.3) is 0 Å². The number of halogens is 1. The Hall–Kier alpha value is -2.42. The lowest BCUT2D eigenvalue weighted by Gasteiger charge is -2.08. The van der Waals surface area contributed by atoms with Gasteiger partial charge >= 0.3 is 0 Å². The van der Waals surface area contributed by atoms with Crippen molar-refractivity contribution < 1.29 is 4.39 Å². The Morgan fingerprint density at radius 2 is 1.83 bits per heavy atom. The molecule has 0 heterocycles. The summed E-state index contributed by atoms with van der Waals surface area (Å²) in [6, 6.07) is 6.43. The van der Waals surface area contributed by atoms with Gasteiger partial charge < -0.3 is 5.32 Å². The Kier molecular flexibility index (Phi) is 10.0. The zero-order chi connectivity index (χ0) is 17.8. The Morgan fingerprint density at radius 3 is 2.26 bits per heavy atom. The van der Waals surface area contributed by atoms with Crippen molar-refractivity contribution in [1.29, 1.82) is 0 Å². The summed E-state index contributed by atoms with van der Waals surface area (Å²) < 4.78 is 13.3. The smallest absolute Gasteiger partial charge is 0.123 e. The first-order valence-electron chi connectivity index (χ1n) is 7.48. The highest BCUT2D eigenvalue weighted by Crippen LogP contribution is 2.25. The van der Waals surface area contributed by atoms with Crippen LogP contribution in [-0.4, -0.2) is 13.3 Å². The van der Waals surface area contributed by atoms with Gasteiger partial charge in [-0.15, -0.1) is 0 Å². The maximum absolute atomic E-state index is 13.3. The average molecular weight is 314 g/mol. The first-order chi connectivity index (χ1) is 10.9. The highest BCUT2D eigenvalue weighted by molar-refractivity contribution is 5.77. The third-order valence-electron chi connectivity index (χ3n) is 2.99. The van der Waals surface area contributed by atoms with E-state index in [1.807, 2.05) is 53.0 Å². The Bertz CT molecular complexity index is 622. The van der Waals surface area contributed by atoms with Crippen molar-refractivity contribution in [2.75, 3.05) is 7.05 Å². The zero-order valence-corrected chi connectivity index (χ0v) is 14.8. The molecular formula is C20H27FN2. The van der Waals surface area contributed by atoms with Gasteiger partial charge in [-0.3, -0.25) is 4.99 Å². The molecule has 0 aliphatic carbocycles. The highest BCUT2D eigenvalue weighted by atomic mass is 19.1. The fraction of sp³-hybridized carbons (Fsp3) is 0.250. The minimum Gasteiger partial charge on any atom is -0.392 e. The summed E-state index contributed by atoms with van der Waals surface area (Å²) in [6.45, 7) is 15.2. The van der Waals surface area contributed by atoms with Crippen LogP contribution in [0.1, 0.15) is 33.3 Å². The van der Waals surface area contributed by atoms with E-state index in [0.29, 0.717) is 0 Å². The molecule has 2 nitrogen and oxygen atoms in total. The molecule has 0 saturated heterocycles. The second-order valence-electron chi connectivity index (χ2n) is 4.93. The van der Waals surface area contributed by atoms with Crippen LogP contribution in [0.25, 0.3) is 5.70 Å². The van der Waals surface area contributed by atoms with Crippen LogP contribution in [0.2, 0.25) is 0 Å². The van der Waals surface area contributed by atoms with E-state index < -0.39 is 0 Å². The summed E-state index contributed by atoms with van der Waals surface area (Å²) >= 11 is 0. The number of nitrogens with one attached hydrogen (secondary N) is 1. The molecule has 124 valence electrons. The first-order valence-corrected chi connectivity index (χ1v) is 7.48. The summed E-state index contributed by atoms with van der Waals surface area (Å²) in [5, 5.41) is 2.83. The van der Waals surface area contributed by atoms with E-state index >= 15 is 0 Å². The molecule has 23 heavy (non-hydrogen) atoms. The largest absolute Gasteiger partial charge is 0.392 e. The molecule has 0 amide bonds. The molecule has 0 aliphatic rings. The van der Waals surface area contributed by atoms with Gasteiger partial charge in [-0.05, 0) is 56.7 Å². The van der Waals surface area contributed by atoms with Crippen molar-refractivity contribution in [3.05, 3.63) is 77.8 Å². The first kappa shape index (κ1) is 20.6. The fourth-order valence-electron chi connectivity index (χ4n) is 1.63. The van der Waals surface area contributed by atoms with E-state index in [0.717, 1.165) is 28.1 Å². The molecule has 1 aromatic rings. The van der Waals surface area contributed by atoms with Crippen LogP contribution in [0, 0.1) is 5.82 Å². The maximum Gasteiger partial charge on any atom is 0.123 e. The normalized spacial score (nSPS) is 11.7. The highest BCUT2D eigenvalue weighted by Gasteiger charge is 2.06. The van der Waals surface area contributed by atoms with E-state index in [1.165, 1.54) is 12.1 Å². The average Bonchev–Trinajstić information content (AvgIpc) is 2.52. The third kappa shape index (κ3) is 7.96. The molecule has 0 atom stereocenters. The van der Waals surface area contributed by atoms with Gasteiger partial charge in [0, 0.05) is 18.8 Å². The van der Waals surface area contributed by atoms with Crippen molar-refractivity contribution >= 4 is 11.9 Å². The van der Waals surface area contributed by atoms with Crippen molar-refractivity contribution in [3.8, 4) is 0 Å². The van der Waals surface area contributed by atoms with E-state index in [2.05, 4.69) is 23.5 Å². The van der Waals surface area contributed by atoms with Crippen molar-refractivity contribution in [2.24, 2.45) is 4.99 Å². The zero-order valence-electron chi connectivity index (χ0n) is 14.8. The number of aliphatic imine (C=N–C) groups is 1. The molecule has 1 rings (SSSR count). The molecule has 0 fully saturated rings. The van der Waals surface area contributed by atoms with E-state index in [4.69, 9.17) is 0 Å². The van der Waals surface area contributed by atoms with Crippen LogP contribution >= 0.6 is 0 Å². The molecule has 0 bridgehead atoms. The Morgan fingerprint density at radius 1 is 1.22 bits per heavy atom. The van der Waals surface area contributed by atoms with Crippen molar-refractivity contribution in [1.82, 2.24) is 5.32 Å². The molecule has 0 aromatic heterocycles. The van der Waals surface area contributed by atoms with Crippen LogP contribution < -0.4 is 5.32 Å². The summed E-state index contributed by atoms with van der Waals surface area (Å²) in [5.41, 5.74) is 4.33. The van der Waals surface area contributed by atoms with Gasteiger partial charge in [-0.1, -0.05) is 37.4 Å². The summed E-state index contributed by atoms with van der Waals surface area (Å²) in [7, 11) is 1.85. The SMILES string of the molecule is C=C(/C=C\C)/C(C)=C(/N=CC)c1cccc(F)c1.C=C(C)NC. The molecule has 0 spiro atoms. The topological polar surface area (TPSA) is 24.4 Å². The molecular weight excluding hydrogens is 287 g/mol. The lowest BCUT2D eigenvalue weighted by atomic mass is 10.0. The standard InChI is InChI=1S/C16H18FN.C4H9N/c1-5-8-12(3)13(4)16(18-6-2)14-9-7-10-15(17)11-14;1-4(2)5-3/h5-11H,3H2,1-2,4H3;5H,1H2,2-3H3/b8-5-,16-13+,18-6?;. The number of hydrogen-bond acceptors (Lipinski definition) is 2. The summed E-state index contributed by atoms with van der Waals surface area (Å²) in [4.78, 5) is 4.33. The minimum atomic E-state index is -0.263. The predicted molar refractivity (Wildman–Crippen MR) is 101 cm³/mol. The van der Waals surface area contributed by atoms with Gasteiger partial charge in [0.2, 0.25) is 0 Å². The number of benzene rings is 1. The van der Waals surface area contributed by atoms with Crippen LogP contribution in [0.4, 0.5) is 4.39 Å². The minimum absolute atomic E-state index is 0.263. The van der Waals surface area contributed by atoms with E-state index in [-0.39, 0.29) is 5.82 Å². The second-order valence-corrected chi connectivity index (χ2v) is 4.93. The third-order valence-corrected chi connectivity index (χ3v) is 2.99. The lowest BCUT2D eigenvalue weighted by molar-refractivity contribution is 0.627. The predicted octanol–water partition coefficient (Wildman–Crippen LogP) is 5.52. The number of nitrogens with zero attached hydrogens (tertiary/aromatic N) is 1. The van der Waals surface area contributed by atoms with Crippen LogP contribution in [-0.2, 0) is 0 Å². The van der Waals surface area contributed by atoms with Crippen LogP contribution in [0.15, 0.2) is 71.4 Å². The monoisotopic (exact) mass is 314 g/mol. The molecule has 1 aromatic carbocycles. The second kappa shape index (κ2) is 11.2. The maximum atomic E-state index is 13.3. The fourth-order valence-corrected chi connectivity index (χ4v) is 1.63. The van der Waals surface area contributed by atoms with E-state index in [1.54, 1.807) is 12.3 Å². The van der Waals surface area contributed by atoms with Crippen molar-refractivity contribution in [2.45, 2.75) is 27.7 Å². The summed E-state index contributed by atoms with van der Waals surface area (Å²) in [5.74, 6) is -0.263. The number of allylic oxidation sites excluding steroid dienone is 5. The molecule has 0 aliphatic heterocycles. The van der Waals surface area contributed by atoms with Crippen LogP contribution in [0.5, 0.6) is 0 Å². The Labute approximate surface area is 139 Å². The lowest BCUT2D eigenvalue weighted by Crippen LogP contribution is -1.98. The Balaban J connectivity index is 0.000000841. The quantitative estimate of drug-likeness (QED) is 0.561. The van der Waals surface area contributed by atoms with Gasteiger partial charge in [-0.25, -0.2) is 4.39 Å². The van der Waals surface area contributed by atoms with Crippen molar-refractivity contribution in [3.63, 3.8) is 0 Å². The number of rotatable bonds is 5. The molecule has 1 N–H and O–H groups in total. The molecule has 3 heteroatoms. The molecule has 0 saturated carbocycles. The van der Waals surface area contributed by atoms with E-state index in [9.17, 15) is 4.39 Å². The summed E-state index contributed by atoms with van der Waals surface area (Å²) in [6.07, 6.45) is 5.54. The van der Waals surface area contributed by atoms with Gasteiger partial charge in [0.15, 0.2) is 0 Å². The van der Waals surface area contributed by atoms with Crippen LogP contribution in [0.3, 0.4) is 0 Å². The number of hydrogen-bond donors (Lipinski definition) is 1. The van der Waals surface area contributed by atoms with Gasteiger partial charge in [0.05, 0.1) is 5.70 Å². The molecule has 0 unspecified atom stereocenters. The van der Waals surface area contributed by atoms with Gasteiger partial charge in [-0.2, -0.15) is 0 Å². The molecule has 0 radical (unpaired) electrons.